The van der Waals surface area contributed by atoms with Crippen LogP contribution in [-0.2, 0) is 0 Å². The number of rotatable bonds is 7. The number of nitrogens with one attached hydrogen (secondary N) is 1. The number of hydrazine groups is 1. The molecule has 1 amide bonds. The number of benzene rings is 2. The van der Waals surface area contributed by atoms with Gasteiger partial charge in [0.15, 0.2) is 11.5 Å². The van der Waals surface area contributed by atoms with Gasteiger partial charge >= 0.3 is 0 Å². The predicted octanol–water partition coefficient (Wildman–Crippen LogP) is 2.40. The fourth-order valence-corrected chi connectivity index (χ4v) is 2.21. The zero-order valence-electron chi connectivity index (χ0n) is 13.3. The number of nitrogens with two attached hydrogens (primary N) is 1. The zero-order chi connectivity index (χ0) is 17.5. The number of ether oxygens (including phenoxy) is 2. The van der Waals surface area contributed by atoms with Crippen LogP contribution in [0.25, 0.3) is 11.3 Å². The van der Waals surface area contributed by atoms with Crippen LogP contribution in [0.4, 0.5) is 0 Å². The lowest BCUT2D eigenvalue weighted by molar-refractivity contribution is 0.0944. The van der Waals surface area contributed by atoms with Gasteiger partial charge in [0.05, 0.1) is 5.56 Å². The van der Waals surface area contributed by atoms with Crippen molar-refractivity contribution >= 4 is 5.91 Å². The number of para-hydroxylation sites is 2. The second-order valence-corrected chi connectivity index (χ2v) is 5.06. The summed E-state index contributed by atoms with van der Waals surface area (Å²) in [5.41, 5.74) is 2.79. The van der Waals surface area contributed by atoms with E-state index in [1.165, 1.54) is 6.07 Å². The van der Waals surface area contributed by atoms with Crippen molar-refractivity contribution in [1.29, 1.82) is 0 Å². The molecule has 0 aliphatic rings. The molecule has 25 heavy (non-hydrogen) atoms. The number of aromatic nitrogens is 1. The molecule has 1 heterocycles. The monoisotopic (exact) mass is 339 g/mol. The minimum atomic E-state index is -0.523. The summed E-state index contributed by atoms with van der Waals surface area (Å²) in [5, 5.41) is 3.69. The molecule has 7 heteroatoms. The van der Waals surface area contributed by atoms with Gasteiger partial charge in [-0.05, 0) is 24.3 Å². The average molecular weight is 339 g/mol. The minimum absolute atomic E-state index is 0.0970. The fourth-order valence-electron chi connectivity index (χ4n) is 2.21. The molecule has 0 atom stereocenters. The molecular formula is C18H17N3O4. The largest absolute Gasteiger partial charge is 0.490 e. The molecule has 0 unspecified atom stereocenters. The Morgan fingerprint density at radius 1 is 1.04 bits per heavy atom. The Hall–Kier alpha value is -3.32. The molecule has 0 bridgehead atoms. The molecule has 3 aromatic rings. The first-order valence-corrected chi connectivity index (χ1v) is 7.65. The molecule has 0 saturated carbocycles. The van der Waals surface area contributed by atoms with E-state index in [0.29, 0.717) is 30.3 Å². The zero-order valence-corrected chi connectivity index (χ0v) is 13.3. The lowest BCUT2D eigenvalue weighted by atomic mass is 10.1. The summed E-state index contributed by atoms with van der Waals surface area (Å²) in [6, 6.07) is 18.3. The van der Waals surface area contributed by atoms with Gasteiger partial charge in [-0.1, -0.05) is 35.5 Å². The van der Waals surface area contributed by atoms with Crippen LogP contribution >= 0.6 is 0 Å². The van der Waals surface area contributed by atoms with Gasteiger partial charge < -0.3 is 14.0 Å². The number of nitrogens with zero attached hydrogens (tertiary/aromatic N) is 1. The number of hydrogen-bond acceptors (Lipinski definition) is 6. The Morgan fingerprint density at radius 3 is 2.56 bits per heavy atom. The maximum absolute atomic E-state index is 11.5. The maximum Gasteiger partial charge on any atom is 0.287 e. The number of amides is 1. The van der Waals surface area contributed by atoms with Crippen molar-refractivity contribution in [2.24, 2.45) is 5.84 Å². The Kier molecular flexibility index (Phi) is 5.28. The van der Waals surface area contributed by atoms with Crippen LogP contribution in [0.2, 0.25) is 0 Å². The van der Waals surface area contributed by atoms with Gasteiger partial charge in [-0.15, -0.1) is 0 Å². The average Bonchev–Trinajstić information content (AvgIpc) is 3.16. The minimum Gasteiger partial charge on any atom is -0.490 e. The van der Waals surface area contributed by atoms with Gasteiger partial charge in [0.2, 0.25) is 0 Å². The van der Waals surface area contributed by atoms with Crippen molar-refractivity contribution in [1.82, 2.24) is 10.6 Å². The summed E-state index contributed by atoms with van der Waals surface area (Å²) in [6.07, 6.45) is 0. The maximum atomic E-state index is 11.5. The van der Waals surface area contributed by atoms with Crippen molar-refractivity contribution in [2.45, 2.75) is 0 Å². The van der Waals surface area contributed by atoms with E-state index in [2.05, 4.69) is 5.16 Å². The number of carbonyl (C=O) groups excluding carboxylic acids is 1. The van der Waals surface area contributed by atoms with E-state index in [4.69, 9.17) is 19.8 Å². The van der Waals surface area contributed by atoms with Crippen LogP contribution in [-0.4, -0.2) is 24.3 Å². The van der Waals surface area contributed by atoms with Crippen molar-refractivity contribution < 1.29 is 18.8 Å². The number of hydrogen-bond donors (Lipinski definition) is 2. The van der Waals surface area contributed by atoms with Crippen molar-refractivity contribution in [3.63, 3.8) is 0 Å². The third kappa shape index (κ3) is 4.15. The Morgan fingerprint density at radius 2 is 1.76 bits per heavy atom. The van der Waals surface area contributed by atoms with Gasteiger partial charge in [-0.2, -0.15) is 0 Å². The van der Waals surface area contributed by atoms with Crippen LogP contribution in [0.3, 0.4) is 0 Å². The molecule has 0 aliphatic carbocycles. The summed E-state index contributed by atoms with van der Waals surface area (Å²) < 4.78 is 16.6. The summed E-state index contributed by atoms with van der Waals surface area (Å²) >= 11 is 0. The number of carbonyl (C=O) groups is 1. The van der Waals surface area contributed by atoms with Gasteiger partial charge in [0, 0.05) is 6.07 Å². The third-order valence-corrected chi connectivity index (χ3v) is 3.38. The summed E-state index contributed by atoms with van der Waals surface area (Å²) in [4.78, 5) is 11.5. The Bertz CT molecular complexity index is 833. The van der Waals surface area contributed by atoms with Gasteiger partial charge in [-0.3, -0.25) is 10.2 Å². The van der Waals surface area contributed by atoms with E-state index in [0.717, 1.165) is 5.75 Å². The fraction of sp³-hybridized carbons (Fsp3) is 0.111. The van der Waals surface area contributed by atoms with Gasteiger partial charge in [0.1, 0.15) is 24.7 Å². The van der Waals surface area contributed by atoms with E-state index in [1.54, 1.807) is 0 Å². The molecule has 0 radical (unpaired) electrons. The van der Waals surface area contributed by atoms with E-state index in [9.17, 15) is 4.79 Å². The van der Waals surface area contributed by atoms with Crippen LogP contribution < -0.4 is 20.7 Å². The molecule has 0 saturated heterocycles. The Balaban J connectivity index is 1.65. The van der Waals surface area contributed by atoms with E-state index < -0.39 is 5.91 Å². The van der Waals surface area contributed by atoms with Crippen molar-refractivity contribution in [2.75, 3.05) is 13.2 Å². The van der Waals surface area contributed by atoms with Gasteiger partial charge in [0.25, 0.3) is 5.91 Å². The van der Waals surface area contributed by atoms with Crippen molar-refractivity contribution in [3.8, 4) is 22.8 Å². The molecule has 0 fully saturated rings. The normalized spacial score (nSPS) is 10.3. The highest BCUT2D eigenvalue weighted by molar-refractivity contribution is 5.92. The molecule has 3 rings (SSSR count). The summed E-state index contributed by atoms with van der Waals surface area (Å²) in [5.74, 6) is 6.37. The van der Waals surface area contributed by atoms with Crippen LogP contribution in [0.5, 0.6) is 11.5 Å². The quantitative estimate of drug-likeness (QED) is 0.297. The first-order chi connectivity index (χ1) is 12.3. The highest BCUT2D eigenvalue weighted by Gasteiger charge is 2.15. The SMILES string of the molecule is NNC(=O)c1cc(-c2ccccc2OCCOc2ccccc2)on1. The smallest absolute Gasteiger partial charge is 0.287 e. The predicted molar refractivity (Wildman–Crippen MR) is 91.0 cm³/mol. The second kappa shape index (κ2) is 7.98. The number of nitrogen functional groups attached to an aromatic ring is 1. The van der Waals surface area contributed by atoms with E-state index in [1.807, 2.05) is 60.0 Å². The van der Waals surface area contributed by atoms with Crippen molar-refractivity contribution in [3.05, 3.63) is 66.4 Å². The summed E-state index contributed by atoms with van der Waals surface area (Å²) in [6.45, 7) is 0.756. The molecule has 2 aromatic carbocycles. The molecule has 0 spiro atoms. The standard InChI is InChI=1S/C18H17N3O4/c19-20-18(22)15-12-17(25-21-15)14-8-4-5-9-16(14)24-11-10-23-13-6-2-1-3-7-13/h1-9,12H,10-11,19H2,(H,20,22). The first kappa shape index (κ1) is 16.5. The Labute approximate surface area is 144 Å². The van der Waals surface area contributed by atoms with Gasteiger partial charge in [-0.25, -0.2) is 5.84 Å². The lowest BCUT2D eigenvalue weighted by Crippen LogP contribution is -2.30. The van der Waals surface area contributed by atoms with Crippen LogP contribution in [0.15, 0.2) is 65.2 Å². The van der Waals surface area contributed by atoms with E-state index >= 15 is 0 Å². The molecule has 7 nitrogen and oxygen atoms in total. The van der Waals surface area contributed by atoms with Crippen LogP contribution in [0, 0.1) is 0 Å². The highest BCUT2D eigenvalue weighted by atomic mass is 16.5. The molecular weight excluding hydrogens is 322 g/mol. The van der Waals surface area contributed by atoms with Crippen LogP contribution in [0.1, 0.15) is 10.5 Å². The lowest BCUT2D eigenvalue weighted by Gasteiger charge is -2.10. The second-order valence-electron chi connectivity index (χ2n) is 5.06. The molecule has 3 N–H and O–H groups in total. The molecule has 1 aromatic heterocycles. The highest BCUT2D eigenvalue weighted by Crippen LogP contribution is 2.30. The topological polar surface area (TPSA) is 99.6 Å². The molecule has 0 aliphatic heterocycles. The third-order valence-electron chi connectivity index (χ3n) is 3.38. The molecule has 128 valence electrons. The van der Waals surface area contributed by atoms with E-state index in [-0.39, 0.29) is 5.69 Å². The first-order valence-electron chi connectivity index (χ1n) is 7.65. The summed E-state index contributed by atoms with van der Waals surface area (Å²) in [7, 11) is 0.